The third-order valence-corrected chi connectivity index (χ3v) is 4.68. The van der Waals surface area contributed by atoms with Gasteiger partial charge in [0, 0.05) is 11.7 Å². The summed E-state index contributed by atoms with van der Waals surface area (Å²) in [5, 5.41) is 3.63. The lowest BCUT2D eigenvalue weighted by Gasteiger charge is -2.29. The summed E-state index contributed by atoms with van der Waals surface area (Å²) in [5.41, 5.74) is 9.33. The average Bonchev–Trinajstić information content (AvgIpc) is 2.49. The molecule has 0 atom stereocenters. The maximum atomic E-state index is 10.8. The van der Waals surface area contributed by atoms with Gasteiger partial charge in [0.2, 0.25) is 0 Å². The fourth-order valence-corrected chi connectivity index (χ4v) is 3.55. The van der Waals surface area contributed by atoms with E-state index in [4.69, 9.17) is 10.5 Å². The summed E-state index contributed by atoms with van der Waals surface area (Å²) in [6.07, 6.45) is 8.26. The number of nitrogens with two attached hydrogens (primary N) is 1. The number of anilines is 1. The first-order valence-corrected chi connectivity index (χ1v) is 8.05. The van der Waals surface area contributed by atoms with Crippen LogP contribution in [0.4, 0.5) is 10.5 Å². The van der Waals surface area contributed by atoms with Crippen molar-refractivity contribution in [3.63, 3.8) is 0 Å². The van der Waals surface area contributed by atoms with Gasteiger partial charge in [-0.2, -0.15) is 0 Å². The first-order valence-electron chi connectivity index (χ1n) is 8.05. The van der Waals surface area contributed by atoms with Crippen LogP contribution in [0.2, 0.25) is 0 Å². The van der Waals surface area contributed by atoms with E-state index in [-0.39, 0.29) is 6.10 Å². The number of hydrogen-bond donors (Lipinski definition) is 2. The van der Waals surface area contributed by atoms with Gasteiger partial charge in [0.25, 0.3) is 0 Å². The Bertz CT molecular complexity index is 508. The molecule has 21 heavy (non-hydrogen) atoms. The number of rotatable bonds is 3. The number of nitrogens with one attached hydrogen (secondary N) is 1. The van der Waals surface area contributed by atoms with E-state index in [0.29, 0.717) is 6.04 Å². The van der Waals surface area contributed by atoms with Crippen molar-refractivity contribution in [2.75, 3.05) is 5.32 Å². The van der Waals surface area contributed by atoms with Gasteiger partial charge in [-0.25, -0.2) is 4.79 Å². The summed E-state index contributed by atoms with van der Waals surface area (Å²) in [7, 11) is 0. The van der Waals surface area contributed by atoms with E-state index in [2.05, 4.69) is 23.5 Å². The van der Waals surface area contributed by atoms with Crippen LogP contribution in [0, 0.1) is 0 Å². The van der Waals surface area contributed by atoms with Crippen LogP contribution in [0.25, 0.3) is 0 Å². The van der Waals surface area contributed by atoms with Crippen LogP contribution < -0.4 is 11.1 Å². The summed E-state index contributed by atoms with van der Waals surface area (Å²) in [6.45, 7) is 0. The number of amides is 1. The second kappa shape index (κ2) is 6.37. The molecule has 1 saturated carbocycles. The van der Waals surface area contributed by atoms with Gasteiger partial charge in [0.15, 0.2) is 0 Å². The molecule has 1 aromatic rings. The number of carbonyl (C=O) groups excluding carboxylic acids is 1. The van der Waals surface area contributed by atoms with E-state index >= 15 is 0 Å². The van der Waals surface area contributed by atoms with E-state index in [1.807, 2.05) is 0 Å². The predicted octanol–water partition coefficient (Wildman–Crippen LogP) is 3.38. The maximum Gasteiger partial charge on any atom is 0.404 e. The molecule has 4 heteroatoms. The Balaban J connectivity index is 1.54. The first-order chi connectivity index (χ1) is 10.2. The minimum absolute atomic E-state index is 0.00378. The van der Waals surface area contributed by atoms with Gasteiger partial charge in [0.05, 0.1) is 0 Å². The normalized spacial score (nSPS) is 25.0. The van der Waals surface area contributed by atoms with E-state index in [1.54, 1.807) is 0 Å². The largest absolute Gasteiger partial charge is 0.446 e. The van der Waals surface area contributed by atoms with Crippen LogP contribution in [0.3, 0.4) is 0 Å². The molecule has 4 nitrogen and oxygen atoms in total. The molecule has 2 aliphatic carbocycles. The lowest BCUT2D eigenvalue weighted by atomic mass is 9.90. The van der Waals surface area contributed by atoms with Crippen LogP contribution in [0.5, 0.6) is 0 Å². The molecule has 3 N–H and O–H groups in total. The van der Waals surface area contributed by atoms with Crippen molar-refractivity contribution in [2.24, 2.45) is 5.73 Å². The summed E-state index contributed by atoms with van der Waals surface area (Å²) >= 11 is 0. The fourth-order valence-electron chi connectivity index (χ4n) is 3.55. The van der Waals surface area contributed by atoms with Gasteiger partial charge in [0.1, 0.15) is 6.10 Å². The van der Waals surface area contributed by atoms with Crippen molar-refractivity contribution in [3.05, 3.63) is 29.3 Å². The summed E-state index contributed by atoms with van der Waals surface area (Å²) in [4.78, 5) is 10.8. The zero-order valence-electron chi connectivity index (χ0n) is 12.4. The zero-order valence-corrected chi connectivity index (χ0v) is 12.4. The van der Waals surface area contributed by atoms with Crippen molar-refractivity contribution in [1.29, 1.82) is 0 Å². The number of hydrogen-bond acceptors (Lipinski definition) is 3. The molecule has 0 saturated heterocycles. The Kier molecular flexibility index (Phi) is 4.32. The lowest BCUT2D eigenvalue weighted by Crippen LogP contribution is -2.32. The Hall–Kier alpha value is -1.71. The smallest absolute Gasteiger partial charge is 0.404 e. The highest BCUT2D eigenvalue weighted by atomic mass is 16.6. The van der Waals surface area contributed by atoms with Crippen LogP contribution >= 0.6 is 0 Å². The van der Waals surface area contributed by atoms with Gasteiger partial charge < -0.3 is 15.8 Å². The monoisotopic (exact) mass is 288 g/mol. The highest BCUT2D eigenvalue weighted by Gasteiger charge is 2.23. The molecule has 2 aliphatic rings. The van der Waals surface area contributed by atoms with Crippen LogP contribution in [0.1, 0.15) is 49.7 Å². The minimum Gasteiger partial charge on any atom is -0.446 e. The zero-order chi connectivity index (χ0) is 14.7. The molecule has 3 rings (SSSR count). The first kappa shape index (κ1) is 14.2. The van der Waals surface area contributed by atoms with Gasteiger partial charge in [-0.3, -0.25) is 0 Å². The molecule has 114 valence electrons. The summed E-state index contributed by atoms with van der Waals surface area (Å²) in [5.74, 6) is 0. The number of fused-ring (bicyclic) bond motifs is 1. The molecular weight excluding hydrogens is 264 g/mol. The molecule has 0 radical (unpaired) electrons. The van der Waals surface area contributed by atoms with Gasteiger partial charge >= 0.3 is 6.09 Å². The van der Waals surface area contributed by atoms with Crippen molar-refractivity contribution < 1.29 is 9.53 Å². The van der Waals surface area contributed by atoms with Crippen molar-refractivity contribution in [2.45, 2.75) is 63.5 Å². The molecule has 1 aromatic carbocycles. The van der Waals surface area contributed by atoms with Crippen molar-refractivity contribution in [1.82, 2.24) is 0 Å². The Labute approximate surface area is 126 Å². The van der Waals surface area contributed by atoms with Gasteiger partial charge in [-0.05, 0) is 74.6 Å². The molecule has 0 aliphatic heterocycles. The molecule has 0 bridgehead atoms. The highest BCUT2D eigenvalue weighted by Crippen LogP contribution is 2.27. The number of carbonyl (C=O) groups is 1. The van der Waals surface area contributed by atoms with Crippen molar-refractivity contribution in [3.8, 4) is 0 Å². The molecule has 0 aromatic heterocycles. The molecule has 1 amide bonds. The number of benzene rings is 1. The Morgan fingerprint density at radius 2 is 1.81 bits per heavy atom. The quantitative estimate of drug-likeness (QED) is 0.896. The van der Waals surface area contributed by atoms with Crippen LogP contribution in [-0.4, -0.2) is 18.2 Å². The second-order valence-electron chi connectivity index (χ2n) is 6.25. The number of primary amides is 1. The molecule has 0 heterocycles. The third kappa shape index (κ3) is 3.69. The minimum atomic E-state index is -0.652. The van der Waals surface area contributed by atoms with Crippen LogP contribution in [-0.2, 0) is 17.6 Å². The standard InChI is InChI=1S/C17H24N2O2/c18-17(20)21-16-9-7-14(8-10-16)19-15-6-5-12-3-1-2-4-13(12)11-15/h5-6,11,14,16,19H,1-4,7-10H2,(H2,18,20). The topological polar surface area (TPSA) is 64.4 Å². The molecule has 0 unspecified atom stereocenters. The average molecular weight is 288 g/mol. The molecular formula is C17H24N2O2. The number of aryl methyl sites for hydroxylation is 2. The summed E-state index contributed by atoms with van der Waals surface area (Å²) in [6, 6.07) is 7.27. The molecule has 1 fully saturated rings. The van der Waals surface area contributed by atoms with Crippen molar-refractivity contribution >= 4 is 11.8 Å². The van der Waals surface area contributed by atoms with E-state index in [9.17, 15) is 4.79 Å². The van der Waals surface area contributed by atoms with E-state index in [1.165, 1.54) is 42.5 Å². The second-order valence-corrected chi connectivity index (χ2v) is 6.25. The summed E-state index contributed by atoms with van der Waals surface area (Å²) < 4.78 is 5.08. The van der Waals surface area contributed by atoms with E-state index in [0.717, 1.165) is 25.7 Å². The Morgan fingerprint density at radius 3 is 2.52 bits per heavy atom. The molecule has 0 spiro atoms. The number of ether oxygens (including phenoxy) is 1. The predicted molar refractivity (Wildman–Crippen MR) is 83.4 cm³/mol. The maximum absolute atomic E-state index is 10.8. The van der Waals surface area contributed by atoms with Gasteiger partial charge in [-0.1, -0.05) is 6.07 Å². The lowest BCUT2D eigenvalue weighted by molar-refractivity contribution is 0.0806. The van der Waals surface area contributed by atoms with E-state index < -0.39 is 6.09 Å². The fraction of sp³-hybridized carbons (Fsp3) is 0.588. The third-order valence-electron chi connectivity index (χ3n) is 4.68. The Morgan fingerprint density at radius 1 is 1.10 bits per heavy atom. The van der Waals surface area contributed by atoms with Gasteiger partial charge in [-0.15, -0.1) is 0 Å². The van der Waals surface area contributed by atoms with Crippen LogP contribution in [0.15, 0.2) is 18.2 Å². The SMILES string of the molecule is NC(=O)OC1CCC(Nc2ccc3c(c2)CCCC3)CC1. The highest BCUT2D eigenvalue weighted by molar-refractivity contribution is 5.64.